The zero-order valence-corrected chi connectivity index (χ0v) is 15.0. The van der Waals surface area contributed by atoms with E-state index in [1.807, 2.05) is 0 Å². The third-order valence-corrected chi connectivity index (χ3v) is 1.63. The second-order valence-corrected chi connectivity index (χ2v) is 2.81. The van der Waals surface area contributed by atoms with Crippen molar-refractivity contribution >= 4 is 0 Å². The van der Waals surface area contributed by atoms with E-state index in [4.69, 9.17) is 91.5 Å². The molecule has 21 heteroatoms. The molecule has 0 amide bonds. The summed E-state index contributed by atoms with van der Waals surface area (Å²) in [5, 5.41) is 3.39. The zero-order valence-electron chi connectivity index (χ0n) is 15.0. The second kappa shape index (κ2) is 452. The molecule has 0 aromatic carbocycles. The molecule has 30 heavy (non-hydrogen) atoms. The van der Waals surface area contributed by atoms with E-state index in [0.29, 0.717) is 0 Å². The van der Waals surface area contributed by atoms with Crippen LogP contribution in [0.15, 0.2) is 0 Å². The maximum Gasteiger partial charge on any atom is 0 e. The van der Waals surface area contributed by atoms with Gasteiger partial charge in [-0.1, -0.05) is 33.1 Å². The van der Waals surface area contributed by atoms with Gasteiger partial charge in [0.2, 0.25) is 0 Å². The summed E-state index contributed by atoms with van der Waals surface area (Å²) in [7, 11) is 0. The quantitative estimate of drug-likeness (QED) is 0.259. The van der Waals surface area contributed by atoms with Crippen LogP contribution in [0, 0.1) is 0 Å². The van der Waals surface area contributed by atoms with Gasteiger partial charge < -0.3 is 5.32 Å². The average molecular weight is 523 g/mol. The van der Waals surface area contributed by atoms with Crippen molar-refractivity contribution in [3.63, 3.8) is 0 Å². The number of nitrogens with one attached hydrogen (secondary N) is 1. The zero-order chi connectivity index (χ0) is 27.7. The Morgan fingerprint density at radius 3 is 0.800 bits per heavy atom. The van der Waals surface area contributed by atoms with Crippen molar-refractivity contribution in [2.24, 2.45) is 0 Å². The molecular weight excluding hydrogens is 502 g/mol. The van der Waals surface area contributed by atoms with Gasteiger partial charge in [0.05, 0.1) is 0 Å². The average Bonchev–Trinajstić information content (AvgIpc) is 2.93. The summed E-state index contributed by atoms with van der Waals surface area (Å²) in [6.07, 6.45) is 6.75. The molecule has 0 fully saturated rings. The highest BCUT2D eigenvalue weighted by molar-refractivity contribution is 4.46. The van der Waals surface area contributed by atoms with Crippen molar-refractivity contribution in [3.8, 4) is 0 Å². The van der Waals surface area contributed by atoms with E-state index in [9.17, 15) is 0 Å². The maximum absolute atomic E-state index is 8.00. The number of hydrogen-bond donors (Lipinski definition) is 1. The van der Waals surface area contributed by atoms with Gasteiger partial charge in [-0.3, -0.25) is 0 Å². The highest BCUT2D eigenvalue weighted by atomic mass is 20.0. The van der Waals surface area contributed by atoms with E-state index in [1.54, 1.807) is 0 Å². The van der Waals surface area contributed by atoms with Crippen LogP contribution in [0.5, 0.6) is 0 Å². The van der Waals surface area contributed by atoms with Crippen LogP contribution >= 0.6 is 0 Å². The summed E-state index contributed by atoms with van der Waals surface area (Å²) in [5.74, 6) is 0. The minimum atomic E-state index is 1.19. The monoisotopic (exact) mass is 523 g/mol. The van der Waals surface area contributed by atoms with Gasteiger partial charge in [0, 0.05) is 91.5 Å². The molecule has 0 atom stereocenters. The lowest BCUT2D eigenvalue weighted by molar-refractivity contribution is 0.108. The number of unbranched alkanes of at least 4 members (excludes halogenated alkanes) is 3. The third kappa shape index (κ3) is 561. The number of halogens is 20. The van der Waals surface area contributed by atoms with Crippen LogP contribution in [0.2, 0.25) is 0 Å². The van der Waals surface area contributed by atoms with Gasteiger partial charge in [-0.05, 0) is 25.9 Å². The minimum Gasteiger partial charge on any atom is -0.317 e. The van der Waals surface area contributed by atoms with E-state index in [0.717, 1.165) is 0 Å². The molecule has 0 saturated heterocycles. The Kier molecular flexibility index (Phi) is 1060. The molecule has 0 aromatic heterocycles. The first-order valence-corrected chi connectivity index (χ1v) is 6.05. The van der Waals surface area contributed by atoms with Crippen LogP contribution in [0.25, 0.3) is 0 Å². The van der Waals surface area contributed by atoms with Gasteiger partial charge in [-0.2, -0.15) is 0 Å². The fraction of sp³-hybridized carbons (Fsp3) is 1.00. The summed E-state index contributed by atoms with van der Waals surface area (Å²) in [4.78, 5) is 0. The predicted octanol–water partition coefficient (Wildman–Crippen LogP) is 11.0. The molecule has 0 unspecified atom stereocenters. The summed E-state index contributed by atoms with van der Waals surface area (Å²) in [6, 6.07) is 0. The highest BCUT2D eigenvalue weighted by Crippen LogP contribution is 1.96. The first-order valence-electron chi connectivity index (χ1n) is 6.05. The van der Waals surface area contributed by atoms with E-state index < -0.39 is 0 Å². The van der Waals surface area contributed by atoms with E-state index in [2.05, 4.69) is 19.2 Å². The highest BCUT2D eigenvalue weighted by Gasteiger charge is 1.85. The second-order valence-electron chi connectivity index (χ2n) is 2.81. The molecule has 0 aromatic rings. The lowest BCUT2D eigenvalue weighted by Crippen LogP contribution is -2.15. The Morgan fingerprint density at radius 1 is 0.333 bits per heavy atom. The van der Waals surface area contributed by atoms with Gasteiger partial charge >= 0.3 is 0 Å². The standard InChI is InChI=1S/C9H21N.10F2/c1-3-5-6-7-9-10-8-4-2;10*1-2/h10H,3-9H2,1-2H3;;;;;;;;;;. The fourth-order valence-electron chi connectivity index (χ4n) is 0.979. The maximum atomic E-state index is 8.00. The molecule has 0 radical (unpaired) electrons. The van der Waals surface area contributed by atoms with Crippen LogP contribution in [0.4, 0.5) is 91.5 Å². The van der Waals surface area contributed by atoms with Crippen LogP contribution in [0.3, 0.4) is 0 Å². The minimum absolute atomic E-state index is 1.19. The van der Waals surface area contributed by atoms with Crippen molar-refractivity contribution in [2.45, 2.75) is 46.0 Å². The van der Waals surface area contributed by atoms with Crippen molar-refractivity contribution in [1.29, 1.82) is 0 Å². The topological polar surface area (TPSA) is 12.0 Å². The normalized spacial score (nSPS) is 5.40. The van der Waals surface area contributed by atoms with E-state index in [-0.39, 0.29) is 0 Å². The number of hydrogen-bond acceptors (Lipinski definition) is 1. The predicted molar refractivity (Wildman–Crippen MR) is 69.5 cm³/mol. The Hall–Kier alpha value is -1.44. The van der Waals surface area contributed by atoms with Gasteiger partial charge in [0.25, 0.3) is 0 Å². The first kappa shape index (κ1) is 70.4. The summed E-state index contributed by atoms with van der Waals surface area (Å²) in [6.45, 7) is 6.86. The molecule has 0 heterocycles. The molecule has 0 aliphatic rings. The lowest BCUT2D eigenvalue weighted by atomic mass is 10.2. The van der Waals surface area contributed by atoms with Crippen molar-refractivity contribution < 1.29 is 91.5 Å². The van der Waals surface area contributed by atoms with Gasteiger partial charge in [-0.15, -0.1) is 0 Å². The summed E-state index contributed by atoms with van der Waals surface area (Å²) >= 11 is 0. The lowest BCUT2D eigenvalue weighted by Gasteiger charge is -2.00. The van der Waals surface area contributed by atoms with Gasteiger partial charge in [0.15, 0.2) is 0 Å². The molecule has 1 nitrogen and oxygen atoms in total. The van der Waals surface area contributed by atoms with Gasteiger partial charge in [0.1, 0.15) is 0 Å². The molecule has 0 rings (SSSR count). The smallest absolute Gasteiger partial charge is 0 e. The Morgan fingerprint density at radius 2 is 0.600 bits per heavy atom. The summed E-state index contributed by atoms with van der Waals surface area (Å²) < 4.78 is 160. The molecule has 0 spiro atoms. The fourth-order valence-corrected chi connectivity index (χ4v) is 0.979. The SMILES string of the molecule is CCCCCCNCCC.FF.FF.FF.FF.FF.FF.FF.FF.FF.FF. The molecular formula is C9H21F20N. The van der Waals surface area contributed by atoms with Crippen LogP contribution in [-0.4, -0.2) is 13.1 Å². The summed E-state index contributed by atoms with van der Waals surface area (Å²) in [5.41, 5.74) is 0. The molecule has 0 aliphatic heterocycles. The Balaban J connectivity index is -0.0000000170. The first-order chi connectivity index (χ1) is 14.9. The van der Waals surface area contributed by atoms with Crippen molar-refractivity contribution in [3.05, 3.63) is 0 Å². The molecule has 202 valence electrons. The van der Waals surface area contributed by atoms with E-state index in [1.165, 1.54) is 45.2 Å². The Labute approximate surface area is 157 Å². The van der Waals surface area contributed by atoms with Gasteiger partial charge in [-0.25, -0.2) is 0 Å². The molecule has 1 N–H and O–H groups in total. The molecule has 0 saturated carbocycles. The number of rotatable bonds is 7. The molecule has 0 bridgehead atoms. The van der Waals surface area contributed by atoms with Crippen molar-refractivity contribution in [2.75, 3.05) is 13.1 Å². The van der Waals surface area contributed by atoms with Crippen LogP contribution in [-0.2, 0) is 0 Å². The van der Waals surface area contributed by atoms with Crippen molar-refractivity contribution in [1.82, 2.24) is 5.32 Å². The third-order valence-electron chi connectivity index (χ3n) is 1.63. The largest absolute Gasteiger partial charge is 0.317 e. The Bertz CT molecular complexity index is 72.2. The molecule has 0 aliphatic carbocycles. The van der Waals surface area contributed by atoms with Crippen LogP contribution < -0.4 is 5.32 Å². The van der Waals surface area contributed by atoms with Crippen LogP contribution in [0.1, 0.15) is 46.0 Å². The van der Waals surface area contributed by atoms with E-state index >= 15 is 0 Å².